The van der Waals surface area contributed by atoms with Crippen molar-refractivity contribution in [1.29, 1.82) is 0 Å². The Morgan fingerprint density at radius 1 is 1.31 bits per heavy atom. The van der Waals surface area contributed by atoms with Gasteiger partial charge in [0.2, 0.25) is 11.8 Å². The molecule has 3 aromatic rings. The second kappa shape index (κ2) is 7.74. The molecule has 2 aromatic heterocycles. The highest BCUT2D eigenvalue weighted by molar-refractivity contribution is 6.31. The molecule has 2 N–H and O–H groups in total. The van der Waals surface area contributed by atoms with E-state index in [4.69, 9.17) is 16.3 Å². The summed E-state index contributed by atoms with van der Waals surface area (Å²) in [6, 6.07) is 11.2. The van der Waals surface area contributed by atoms with Crippen molar-refractivity contribution in [1.82, 2.24) is 20.5 Å². The first-order valence-electron chi connectivity index (χ1n) is 8.47. The maximum Gasteiger partial charge on any atom is 0.232 e. The Morgan fingerprint density at radius 3 is 2.88 bits per heavy atom. The summed E-state index contributed by atoms with van der Waals surface area (Å²) < 4.78 is 5.72. The largest absolute Gasteiger partial charge is 0.474 e. The standard InChI is InChI=1S/C19H21ClN4O2/c1-3-19(2,12-26-18-14(20)8-6-10-21-18)22-17(25)11-16-13-7-4-5-9-15(13)23-24-16/h4-10H,3,11-12H2,1-2H3,(H,22,25)(H,23,24). The van der Waals surface area contributed by atoms with E-state index in [1.165, 1.54) is 0 Å². The minimum atomic E-state index is -0.534. The molecule has 1 unspecified atom stereocenters. The van der Waals surface area contributed by atoms with E-state index in [0.717, 1.165) is 16.6 Å². The Hall–Kier alpha value is -2.60. The lowest BCUT2D eigenvalue weighted by molar-refractivity contribution is -0.122. The van der Waals surface area contributed by atoms with Crippen molar-refractivity contribution >= 4 is 28.4 Å². The highest BCUT2D eigenvalue weighted by Gasteiger charge is 2.26. The molecule has 2 heterocycles. The van der Waals surface area contributed by atoms with Crippen LogP contribution in [0.3, 0.4) is 0 Å². The number of pyridine rings is 1. The van der Waals surface area contributed by atoms with E-state index in [9.17, 15) is 4.79 Å². The van der Waals surface area contributed by atoms with Gasteiger partial charge in [-0.25, -0.2) is 4.98 Å². The molecule has 3 rings (SSSR count). The second-order valence-corrected chi connectivity index (χ2v) is 6.84. The average Bonchev–Trinajstić information content (AvgIpc) is 3.04. The number of carbonyl (C=O) groups is 1. The first kappa shape index (κ1) is 18.2. The predicted molar refractivity (Wildman–Crippen MR) is 101 cm³/mol. The normalized spacial score (nSPS) is 13.3. The Labute approximate surface area is 156 Å². The summed E-state index contributed by atoms with van der Waals surface area (Å²) in [5, 5.41) is 11.6. The van der Waals surface area contributed by atoms with Gasteiger partial charge < -0.3 is 10.1 Å². The molecule has 0 aliphatic heterocycles. The van der Waals surface area contributed by atoms with Crippen LogP contribution in [0.4, 0.5) is 0 Å². The third-order valence-electron chi connectivity index (χ3n) is 4.35. The number of hydrogen-bond donors (Lipinski definition) is 2. The highest BCUT2D eigenvalue weighted by atomic mass is 35.5. The van der Waals surface area contributed by atoms with Gasteiger partial charge in [0, 0.05) is 11.6 Å². The van der Waals surface area contributed by atoms with E-state index in [1.807, 2.05) is 38.1 Å². The van der Waals surface area contributed by atoms with Crippen LogP contribution in [0.25, 0.3) is 10.9 Å². The second-order valence-electron chi connectivity index (χ2n) is 6.44. The number of carbonyl (C=O) groups excluding carboxylic acids is 1. The maximum atomic E-state index is 12.6. The molecule has 0 saturated heterocycles. The molecule has 1 amide bonds. The van der Waals surface area contributed by atoms with Gasteiger partial charge in [0.05, 0.1) is 23.2 Å². The van der Waals surface area contributed by atoms with Gasteiger partial charge in [0.15, 0.2) is 0 Å². The van der Waals surface area contributed by atoms with Crippen LogP contribution in [-0.2, 0) is 11.2 Å². The fourth-order valence-electron chi connectivity index (χ4n) is 2.62. The smallest absolute Gasteiger partial charge is 0.232 e. The Kier molecular flexibility index (Phi) is 5.42. The van der Waals surface area contributed by atoms with E-state index >= 15 is 0 Å². The summed E-state index contributed by atoms with van der Waals surface area (Å²) in [5.74, 6) is 0.266. The maximum absolute atomic E-state index is 12.6. The van der Waals surface area contributed by atoms with E-state index < -0.39 is 5.54 Å². The summed E-state index contributed by atoms with van der Waals surface area (Å²) in [6.45, 7) is 4.21. The number of H-pyrrole nitrogens is 1. The van der Waals surface area contributed by atoms with E-state index in [0.29, 0.717) is 17.3 Å². The molecule has 0 spiro atoms. The molecular weight excluding hydrogens is 352 g/mol. The van der Waals surface area contributed by atoms with Gasteiger partial charge in [-0.1, -0.05) is 36.7 Å². The van der Waals surface area contributed by atoms with Crippen molar-refractivity contribution in [2.24, 2.45) is 0 Å². The molecule has 0 aliphatic rings. The van der Waals surface area contributed by atoms with Crippen molar-refractivity contribution in [3.8, 4) is 5.88 Å². The zero-order valence-corrected chi connectivity index (χ0v) is 15.5. The Bertz CT molecular complexity index is 911. The van der Waals surface area contributed by atoms with Crippen LogP contribution in [0.1, 0.15) is 26.0 Å². The van der Waals surface area contributed by atoms with Crippen molar-refractivity contribution in [3.63, 3.8) is 0 Å². The minimum Gasteiger partial charge on any atom is -0.474 e. The van der Waals surface area contributed by atoms with Gasteiger partial charge in [-0.3, -0.25) is 9.89 Å². The molecule has 0 saturated carbocycles. The first-order chi connectivity index (χ1) is 12.5. The number of ether oxygens (including phenoxy) is 1. The van der Waals surface area contributed by atoms with Gasteiger partial charge in [-0.2, -0.15) is 5.10 Å². The van der Waals surface area contributed by atoms with Crippen molar-refractivity contribution < 1.29 is 9.53 Å². The van der Waals surface area contributed by atoms with Gasteiger partial charge in [0.1, 0.15) is 11.6 Å². The quantitative estimate of drug-likeness (QED) is 0.665. The predicted octanol–water partition coefficient (Wildman–Crippen LogP) is 3.52. The number of rotatable bonds is 7. The number of benzene rings is 1. The zero-order valence-electron chi connectivity index (χ0n) is 14.8. The summed E-state index contributed by atoms with van der Waals surface area (Å²) in [7, 11) is 0. The van der Waals surface area contributed by atoms with Crippen molar-refractivity contribution in [2.45, 2.75) is 32.2 Å². The number of aromatic nitrogens is 3. The highest BCUT2D eigenvalue weighted by Crippen LogP contribution is 2.22. The number of halogens is 1. The molecule has 26 heavy (non-hydrogen) atoms. The first-order valence-corrected chi connectivity index (χ1v) is 8.85. The van der Waals surface area contributed by atoms with Crippen LogP contribution in [0.15, 0.2) is 42.6 Å². The fraction of sp³-hybridized carbons (Fsp3) is 0.316. The van der Waals surface area contributed by atoms with E-state index in [-0.39, 0.29) is 18.9 Å². The van der Waals surface area contributed by atoms with Crippen LogP contribution in [0.5, 0.6) is 5.88 Å². The number of para-hydroxylation sites is 1. The fourth-order valence-corrected chi connectivity index (χ4v) is 2.80. The lowest BCUT2D eigenvalue weighted by Gasteiger charge is -2.29. The molecule has 7 heteroatoms. The van der Waals surface area contributed by atoms with Crippen molar-refractivity contribution in [3.05, 3.63) is 53.3 Å². The molecule has 1 aromatic carbocycles. The molecule has 0 aliphatic carbocycles. The Balaban J connectivity index is 1.64. The lowest BCUT2D eigenvalue weighted by Crippen LogP contribution is -2.50. The molecule has 1 atom stereocenters. The van der Waals surface area contributed by atoms with Crippen LogP contribution >= 0.6 is 11.6 Å². The van der Waals surface area contributed by atoms with Crippen LogP contribution in [-0.4, -0.2) is 33.2 Å². The van der Waals surface area contributed by atoms with Crippen LogP contribution in [0, 0.1) is 0 Å². The number of amides is 1. The summed E-state index contributed by atoms with van der Waals surface area (Å²) >= 11 is 6.07. The van der Waals surface area contributed by atoms with Crippen LogP contribution < -0.4 is 10.1 Å². The van der Waals surface area contributed by atoms with Gasteiger partial charge in [-0.05, 0) is 31.5 Å². The molecule has 0 fully saturated rings. The van der Waals surface area contributed by atoms with Gasteiger partial charge in [-0.15, -0.1) is 0 Å². The Morgan fingerprint density at radius 2 is 2.12 bits per heavy atom. The molecular formula is C19H21ClN4O2. The van der Waals surface area contributed by atoms with Gasteiger partial charge in [0.25, 0.3) is 0 Å². The third-order valence-corrected chi connectivity index (χ3v) is 4.64. The number of nitrogens with one attached hydrogen (secondary N) is 2. The molecule has 0 bridgehead atoms. The third kappa shape index (κ3) is 4.14. The summed E-state index contributed by atoms with van der Waals surface area (Å²) in [5.41, 5.74) is 1.11. The summed E-state index contributed by atoms with van der Waals surface area (Å²) in [4.78, 5) is 16.7. The van der Waals surface area contributed by atoms with Crippen molar-refractivity contribution in [2.75, 3.05) is 6.61 Å². The number of aromatic amines is 1. The number of hydrogen-bond acceptors (Lipinski definition) is 4. The minimum absolute atomic E-state index is 0.0977. The van der Waals surface area contributed by atoms with E-state index in [2.05, 4.69) is 20.5 Å². The molecule has 136 valence electrons. The number of nitrogens with zero attached hydrogens (tertiary/aromatic N) is 2. The average molecular weight is 373 g/mol. The van der Waals surface area contributed by atoms with E-state index in [1.54, 1.807) is 18.3 Å². The molecule has 6 nitrogen and oxygen atoms in total. The summed E-state index contributed by atoms with van der Waals surface area (Å²) in [6.07, 6.45) is 2.54. The molecule has 0 radical (unpaired) electrons. The van der Waals surface area contributed by atoms with Crippen LogP contribution in [0.2, 0.25) is 5.02 Å². The monoisotopic (exact) mass is 372 g/mol. The topological polar surface area (TPSA) is 79.9 Å². The SMILES string of the molecule is CCC(C)(COc1ncccc1Cl)NC(=O)Cc1[nH]nc2ccccc12. The van der Waals surface area contributed by atoms with Gasteiger partial charge >= 0.3 is 0 Å². The lowest BCUT2D eigenvalue weighted by atomic mass is 9.99. The number of fused-ring (bicyclic) bond motifs is 1. The zero-order chi connectivity index (χ0) is 18.6.